The number of aryl methyl sites for hydroxylation is 2. The monoisotopic (exact) mass is 248 g/mol. The fraction of sp³-hybridized carbons (Fsp3) is 0.429. The molecule has 18 heavy (non-hydrogen) atoms. The van der Waals surface area contributed by atoms with Crippen LogP contribution in [0, 0.1) is 13.8 Å². The second-order valence-corrected chi connectivity index (χ2v) is 4.68. The number of hydrogen-bond donors (Lipinski definition) is 1. The molecule has 0 fully saturated rings. The van der Waals surface area contributed by atoms with E-state index in [-0.39, 0.29) is 0 Å². The highest BCUT2D eigenvalue weighted by Gasteiger charge is 2.10. The molecule has 98 valence electrons. The Kier molecular flexibility index (Phi) is 3.89. The zero-order valence-electron chi connectivity index (χ0n) is 11.2. The van der Waals surface area contributed by atoms with Crippen molar-refractivity contribution in [2.24, 2.45) is 5.73 Å². The Morgan fingerprint density at radius 2 is 1.89 bits per heavy atom. The fourth-order valence-corrected chi connectivity index (χ4v) is 2.03. The van der Waals surface area contributed by atoms with Crippen LogP contribution in [0.4, 0.5) is 0 Å². The van der Waals surface area contributed by atoms with Gasteiger partial charge in [-0.15, -0.1) is 0 Å². The number of rotatable bonds is 5. The van der Waals surface area contributed by atoms with E-state index in [2.05, 4.69) is 11.9 Å². The molecule has 2 heterocycles. The Balaban J connectivity index is 1.98. The lowest BCUT2D eigenvalue weighted by molar-refractivity contribution is 0.283. The molecule has 2 aromatic rings. The van der Waals surface area contributed by atoms with Crippen LogP contribution in [0.5, 0.6) is 0 Å². The van der Waals surface area contributed by atoms with Gasteiger partial charge >= 0.3 is 0 Å². The van der Waals surface area contributed by atoms with Gasteiger partial charge in [0.15, 0.2) is 0 Å². The topological polar surface area (TPSA) is 55.5 Å². The van der Waals surface area contributed by atoms with Gasteiger partial charge in [0.2, 0.25) is 0 Å². The molecule has 4 heteroatoms. The Morgan fingerprint density at radius 3 is 2.44 bits per heavy atom. The summed E-state index contributed by atoms with van der Waals surface area (Å²) >= 11 is 0. The number of furan rings is 2. The van der Waals surface area contributed by atoms with Crippen molar-refractivity contribution in [2.75, 3.05) is 7.05 Å². The summed E-state index contributed by atoms with van der Waals surface area (Å²) in [6.45, 7) is 5.99. The summed E-state index contributed by atoms with van der Waals surface area (Å²) in [6.07, 6.45) is 0. The fourth-order valence-electron chi connectivity index (χ4n) is 2.03. The average molecular weight is 248 g/mol. The van der Waals surface area contributed by atoms with E-state index in [0.717, 1.165) is 36.1 Å². The third kappa shape index (κ3) is 3.03. The van der Waals surface area contributed by atoms with E-state index in [4.69, 9.17) is 14.6 Å². The van der Waals surface area contributed by atoms with E-state index in [1.165, 1.54) is 5.56 Å². The highest BCUT2D eigenvalue weighted by Crippen LogP contribution is 2.17. The lowest BCUT2D eigenvalue weighted by atomic mass is 10.2. The molecular weight excluding hydrogens is 228 g/mol. The van der Waals surface area contributed by atoms with Crippen molar-refractivity contribution in [3.05, 3.63) is 46.8 Å². The first-order valence-electron chi connectivity index (χ1n) is 6.10. The maximum absolute atomic E-state index is 5.57. The zero-order valence-corrected chi connectivity index (χ0v) is 11.2. The highest BCUT2D eigenvalue weighted by molar-refractivity contribution is 5.20. The Labute approximate surface area is 107 Å². The van der Waals surface area contributed by atoms with E-state index < -0.39 is 0 Å². The smallest absolute Gasteiger partial charge is 0.118 e. The summed E-state index contributed by atoms with van der Waals surface area (Å²) in [5.74, 6) is 3.71. The van der Waals surface area contributed by atoms with Gasteiger partial charge in [0.1, 0.15) is 23.0 Å². The van der Waals surface area contributed by atoms with E-state index in [9.17, 15) is 0 Å². The molecule has 0 spiro atoms. The average Bonchev–Trinajstić information content (AvgIpc) is 2.86. The van der Waals surface area contributed by atoms with E-state index in [0.29, 0.717) is 6.54 Å². The molecule has 0 aromatic carbocycles. The molecule has 0 atom stereocenters. The first-order valence-corrected chi connectivity index (χ1v) is 6.10. The van der Waals surface area contributed by atoms with Crippen molar-refractivity contribution >= 4 is 0 Å². The predicted molar refractivity (Wildman–Crippen MR) is 70.0 cm³/mol. The molecule has 0 unspecified atom stereocenters. The van der Waals surface area contributed by atoms with Gasteiger partial charge in [-0.1, -0.05) is 0 Å². The molecule has 4 nitrogen and oxygen atoms in total. The third-order valence-corrected chi connectivity index (χ3v) is 2.93. The highest BCUT2D eigenvalue weighted by atomic mass is 16.3. The van der Waals surface area contributed by atoms with Crippen LogP contribution in [0.2, 0.25) is 0 Å². The van der Waals surface area contributed by atoms with Gasteiger partial charge in [0.25, 0.3) is 0 Å². The third-order valence-electron chi connectivity index (χ3n) is 2.93. The van der Waals surface area contributed by atoms with Crippen molar-refractivity contribution in [2.45, 2.75) is 33.5 Å². The van der Waals surface area contributed by atoms with E-state index in [1.807, 2.05) is 32.0 Å². The summed E-state index contributed by atoms with van der Waals surface area (Å²) in [4.78, 5) is 2.19. The molecule has 2 rings (SSSR count). The van der Waals surface area contributed by atoms with E-state index in [1.54, 1.807) is 0 Å². The molecule has 0 saturated heterocycles. The Bertz CT molecular complexity index is 514. The van der Waals surface area contributed by atoms with Crippen molar-refractivity contribution in [3.8, 4) is 0 Å². The largest absolute Gasteiger partial charge is 0.465 e. The molecule has 2 N–H and O–H groups in total. The lowest BCUT2D eigenvalue weighted by Crippen LogP contribution is -2.16. The predicted octanol–water partition coefficient (Wildman–Crippen LogP) is 2.58. The van der Waals surface area contributed by atoms with Crippen LogP contribution in [0.15, 0.2) is 27.0 Å². The summed E-state index contributed by atoms with van der Waals surface area (Å²) in [7, 11) is 2.06. The molecule has 0 aliphatic rings. The summed E-state index contributed by atoms with van der Waals surface area (Å²) < 4.78 is 11.1. The van der Waals surface area contributed by atoms with Crippen molar-refractivity contribution in [1.29, 1.82) is 0 Å². The first-order chi connectivity index (χ1) is 8.58. The number of nitrogens with two attached hydrogens (primary N) is 1. The minimum Gasteiger partial charge on any atom is -0.465 e. The van der Waals surface area contributed by atoms with Crippen LogP contribution in [0.1, 0.15) is 28.6 Å². The Hall–Kier alpha value is -1.52. The van der Waals surface area contributed by atoms with Crippen LogP contribution < -0.4 is 5.73 Å². The summed E-state index contributed by atoms with van der Waals surface area (Å²) in [5.41, 5.74) is 6.75. The van der Waals surface area contributed by atoms with Gasteiger partial charge in [-0.05, 0) is 39.1 Å². The maximum atomic E-state index is 5.57. The van der Waals surface area contributed by atoms with Gasteiger partial charge in [-0.2, -0.15) is 0 Å². The maximum Gasteiger partial charge on any atom is 0.118 e. The molecule has 0 aliphatic heterocycles. The SMILES string of the molecule is Cc1ccc(CN(C)Cc2cc(CN)oc2C)o1. The minimum absolute atomic E-state index is 0.446. The van der Waals surface area contributed by atoms with Gasteiger partial charge < -0.3 is 14.6 Å². The number of nitrogens with zero attached hydrogens (tertiary/aromatic N) is 1. The molecule has 2 aromatic heterocycles. The van der Waals surface area contributed by atoms with Crippen molar-refractivity contribution in [3.63, 3.8) is 0 Å². The quantitative estimate of drug-likeness (QED) is 0.883. The molecular formula is C14H20N2O2. The normalized spacial score (nSPS) is 11.4. The Morgan fingerprint density at radius 1 is 1.11 bits per heavy atom. The van der Waals surface area contributed by atoms with Gasteiger partial charge in [0, 0.05) is 12.1 Å². The minimum atomic E-state index is 0.446. The van der Waals surface area contributed by atoms with Crippen LogP contribution in [0.3, 0.4) is 0 Å². The number of hydrogen-bond acceptors (Lipinski definition) is 4. The standard InChI is InChI=1S/C14H20N2O2/c1-10-4-5-13(17-10)9-16(3)8-12-6-14(7-15)18-11(12)2/h4-6H,7-9,15H2,1-3H3. The van der Waals surface area contributed by atoms with Crippen molar-refractivity contribution < 1.29 is 8.83 Å². The summed E-state index contributed by atoms with van der Waals surface area (Å²) in [5, 5.41) is 0. The molecule has 0 amide bonds. The van der Waals surface area contributed by atoms with Gasteiger partial charge in [0.05, 0.1) is 13.1 Å². The molecule has 0 aliphatic carbocycles. The van der Waals surface area contributed by atoms with Gasteiger partial charge in [-0.3, -0.25) is 4.90 Å². The summed E-state index contributed by atoms with van der Waals surface area (Å²) in [6, 6.07) is 6.03. The second kappa shape index (κ2) is 5.42. The van der Waals surface area contributed by atoms with Crippen LogP contribution in [-0.4, -0.2) is 11.9 Å². The van der Waals surface area contributed by atoms with Gasteiger partial charge in [-0.25, -0.2) is 0 Å². The van der Waals surface area contributed by atoms with E-state index >= 15 is 0 Å². The molecule has 0 bridgehead atoms. The van der Waals surface area contributed by atoms with Crippen LogP contribution >= 0.6 is 0 Å². The lowest BCUT2D eigenvalue weighted by Gasteiger charge is -2.14. The first kappa shape index (κ1) is 12.9. The molecule has 0 saturated carbocycles. The zero-order chi connectivity index (χ0) is 13.1. The van der Waals surface area contributed by atoms with Crippen molar-refractivity contribution in [1.82, 2.24) is 4.90 Å². The van der Waals surface area contributed by atoms with Crippen LogP contribution in [-0.2, 0) is 19.6 Å². The van der Waals surface area contributed by atoms with Crippen LogP contribution in [0.25, 0.3) is 0 Å². The second-order valence-electron chi connectivity index (χ2n) is 4.68. The molecule has 0 radical (unpaired) electrons.